The first-order valence-electron chi connectivity index (χ1n) is 53.0. The third-order valence-electron chi connectivity index (χ3n) is 26.1. The number of ether oxygens (including phenoxy) is 10. The number of unbranched alkanes of at least 4 members (excludes halogenated alkanes) is 3. The third kappa shape index (κ3) is 42.1. The van der Waals surface area contributed by atoms with Crippen molar-refractivity contribution in [3.8, 4) is 34.5 Å². The lowest BCUT2D eigenvalue weighted by Gasteiger charge is -2.48. The molecule has 22 nitrogen and oxygen atoms in total. The van der Waals surface area contributed by atoms with Crippen LogP contribution in [0.3, 0.4) is 0 Å². The second-order valence-electron chi connectivity index (χ2n) is 50.8. The zero-order chi connectivity index (χ0) is 111. The van der Waals surface area contributed by atoms with Crippen LogP contribution in [0, 0.1) is 37.0 Å². The Morgan fingerprint density at radius 1 is 0.276 bits per heavy atom. The van der Waals surface area contributed by atoms with Gasteiger partial charge in [-0.15, -0.1) is 0 Å². The molecule has 0 saturated carbocycles. The van der Waals surface area contributed by atoms with Gasteiger partial charge in [-0.05, 0) is 235 Å². The summed E-state index contributed by atoms with van der Waals surface area (Å²) in [6.07, 6.45) is 10.6. The van der Waals surface area contributed by atoms with Crippen LogP contribution in [0.4, 0.5) is 0 Å². The zero-order valence-corrected chi connectivity index (χ0v) is 96.8. The topological polar surface area (TPSA) is 316 Å². The van der Waals surface area contributed by atoms with E-state index in [1.165, 1.54) is 0 Å². The summed E-state index contributed by atoms with van der Waals surface area (Å²) in [5.41, 5.74) is 14.0. The average Bonchev–Trinajstić information content (AvgIpc) is 0.802. The van der Waals surface area contributed by atoms with Crippen LogP contribution in [0.25, 0.3) is 0 Å². The number of phenolic OH excluding ortho intramolecular Hbond substituents is 6. The van der Waals surface area contributed by atoms with E-state index < -0.39 is 28.8 Å². The Labute approximate surface area is 873 Å². The lowest BCUT2D eigenvalue weighted by Crippen LogP contribution is -2.57. The number of Topliss-reactive ketones (excluding diaryl/α,β-unsaturated/α-hetero) is 1. The van der Waals surface area contributed by atoms with E-state index in [1.807, 2.05) is 123 Å². The van der Waals surface area contributed by atoms with Crippen molar-refractivity contribution >= 4 is 35.6 Å². The molecule has 145 heavy (non-hydrogen) atoms. The van der Waals surface area contributed by atoms with Crippen LogP contribution in [-0.4, -0.2) is 152 Å². The minimum absolute atomic E-state index is 0.120. The van der Waals surface area contributed by atoms with Gasteiger partial charge in [0.25, 0.3) is 0 Å². The zero-order valence-electron chi connectivity index (χ0n) is 96.8. The molecule has 2 fully saturated rings. The molecule has 2 heterocycles. The standard InChI is InChI=1S/C43H64O10.C22H36O2.C21H34O3.C19H30O3.C18H28O4/c1-27-17-29(19-31(35(27)46)39(3,4)5)13-15-33(44)48-21-41(9,10)37-50-23-43(24-51-37)25-52-38(53-26-43)42(11,12)22-49-34(45)16-14-30-18-28(2)36(47)32(20-30)40(6,7)8;1-8-9-10-11-17(23)13-12-16-14-18(21(2,3)4)20(24)19(15-16)22(5,6)7;1-8-9-12-24-18(22)11-10-15-13-16(20(2,3)4)19(23)17(14-15)21(5,6)7;1-8-22-16(20)10-9-13-11-14(18(2,3)4)17(21)15(12-13)19(5,6)7;1-6-21-9-10-22-16(19)8-7-14-11-13(2)17(20)15(12-14)18(3,4)5/h17-20,37-38,46-47H,13-16,21-26H2,1-12H3;14-15,24H,8-13H2,1-7H3;13-14,23H,8-12H2,1-7H3;11-12,21H,8-10H2,1-7H3;11-12,20H,6-10H2,1-5H3. The number of carbonyl (C=O) groups is 6. The summed E-state index contributed by atoms with van der Waals surface area (Å²) in [6, 6.07) is 24.0. The predicted octanol–water partition coefficient (Wildman–Crippen LogP) is 27.1. The number of benzene rings is 6. The van der Waals surface area contributed by atoms with Crippen LogP contribution in [0.15, 0.2) is 72.8 Å². The fraction of sp³-hybridized carbons (Fsp3) is 0.659. The van der Waals surface area contributed by atoms with Crippen LogP contribution in [0.1, 0.15) is 420 Å². The Bertz CT molecular complexity index is 4820. The SMILES string of the molecule is CCCCCC(=O)CCc1cc(C(C)(C)C)c(O)c(C(C)(C)C)c1.CCCCOC(=O)CCc1cc(C(C)(C)C)c(O)c(C(C)(C)C)c1.CCOC(=O)CCc1cc(C(C)(C)C)c(O)c(C(C)(C)C)c1.CCOCCOC(=O)CCc1cc(C)c(O)c(C(C)(C)C)c1.Cc1cc(CCC(=O)OCC(C)(C)C2OCC3(CO2)COC(C(C)(C)COC(=O)CCc2cc(C)c(O)c(C(C)(C)C)c2)OC3)cc(C(C)(C)C)c1O. The molecule has 0 aliphatic carbocycles. The van der Waals surface area contributed by atoms with Gasteiger partial charge in [-0.25, -0.2) is 0 Å². The van der Waals surface area contributed by atoms with Crippen molar-refractivity contribution in [2.75, 3.05) is 72.7 Å². The maximum absolute atomic E-state index is 12.7. The molecule has 6 aromatic rings. The number of hydrogen-bond acceptors (Lipinski definition) is 22. The first-order chi connectivity index (χ1) is 66.6. The van der Waals surface area contributed by atoms with Crippen molar-refractivity contribution in [1.29, 1.82) is 0 Å². The maximum Gasteiger partial charge on any atom is 0.306 e. The average molecular weight is 2020 g/mol. The Kier molecular flexibility index (Phi) is 48.6. The number of rotatable bonds is 36. The summed E-state index contributed by atoms with van der Waals surface area (Å²) in [7, 11) is 0. The van der Waals surface area contributed by atoms with E-state index in [-0.39, 0.29) is 105 Å². The van der Waals surface area contributed by atoms with Crippen molar-refractivity contribution in [2.24, 2.45) is 16.2 Å². The van der Waals surface area contributed by atoms with Gasteiger partial charge < -0.3 is 78.0 Å². The molecule has 0 radical (unpaired) electrons. The molecule has 1 spiro atoms. The van der Waals surface area contributed by atoms with Gasteiger partial charge in [0, 0.05) is 62.4 Å². The van der Waals surface area contributed by atoms with Gasteiger partial charge in [0.1, 0.15) is 60.1 Å². The molecule has 6 aromatic carbocycles. The van der Waals surface area contributed by atoms with Crippen molar-refractivity contribution in [1.82, 2.24) is 0 Å². The van der Waals surface area contributed by atoms with E-state index >= 15 is 0 Å². The van der Waals surface area contributed by atoms with Gasteiger partial charge in [-0.3, -0.25) is 28.8 Å². The van der Waals surface area contributed by atoms with Gasteiger partial charge >= 0.3 is 29.8 Å². The normalized spacial score (nSPS) is 15.5. The Hall–Kier alpha value is -9.06. The molecule has 2 aliphatic heterocycles. The molecule has 2 aliphatic rings. The van der Waals surface area contributed by atoms with E-state index in [0.29, 0.717) is 164 Å². The molecule has 22 heteroatoms. The Balaban J connectivity index is 0.000000403. The number of ketones is 1. The second-order valence-corrected chi connectivity index (χ2v) is 50.8. The van der Waals surface area contributed by atoms with Crippen LogP contribution in [0.5, 0.6) is 34.5 Å². The smallest absolute Gasteiger partial charge is 0.306 e. The summed E-state index contributed by atoms with van der Waals surface area (Å²) in [6.45, 7) is 81.7. The van der Waals surface area contributed by atoms with Crippen LogP contribution >= 0.6 is 0 Å². The minimum atomic E-state index is -0.591. The fourth-order valence-corrected chi connectivity index (χ4v) is 17.0. The van der Waals surface area contributed by atoms with Gasteiger partial charge in [-0.1, -0.05) is 321 Å². The van der Waals surface area contributed by atoms with Crippen molar-refractivity contribution in [2.45, 2.75) is 440 Å². The van der Waals surface area contributed by atoms with Crippen LogP contribution in [-0.2, 0) is 163 Å². The van der Waals surface area contributed by atoms with E-state index in [9.17, 15) is 59.4 Å². The number of hydrogen-bond donors (Lipinski definition) is 6. The fourth-order valence-electron chi connectivity index (χ4n) is 17.0. The Morgan fingerprint density at radius 2 is 0.503 bits per heavy atom. The molecule has 6 N–H and O–H groups in total. The van der Waals surface area contributed by atoms with Gasteiger partial charge in [0.2, 0.25) is 0 Å². The molecule has 816 valence electrons. The number of aromatic hydroxyl groups is 6. The van der Waals surface area contributed by atoms with Crippen molar-refractivity contribution in [3.63, 3.8) is 0 Å². The van der Waals surface area contributed by atoms with Gasteiger partial charge in [0.05, 0.1) is 51.7 Å². The highest BCUT2D eigenvalue weighted by Crippen LogP contribution is 2.47. The molecule has 0 atom stereocenters. The number of carbonyl (C=O) groups excluding carboxylic acids is 6. The van der Waals surface area contributed by atoms with Gasteiger partial charge in [0.15, 0.2) is 12.6 Å². The summed E-state index contributed by atoms with van der Waals surface area (Å²) in [5.74, 6) is 1.32. The summed E-state index contributed by atoms with van der Waals surface area (Å²) in [4.78, 5) is 72.7. The number of aryl methyl sites for hydroxylation is 9. The molecule has 0 aromatic heterocycles. The van der Waals surface area contributed by atoms with E-state index in [4.69, 9.17) is 47.4 Å². The van der Waals surface area contributed by atoms with Crippen LogP contribution < -0.4 is 0 Å². The Morgan fingerprint density at radius 3 is 0.745 bits per heavy atom. The molecular formula is C123H192O22. The molecular weight excluding hydrogens is 1830 g/mol. The van der Waals surface area contributed by atoms with Crippen LogP contribution in [0.2, 0.25) is 0 Å². The first kappa shape index (κ1) is 128. The monoisotopic (exact) mass is 2020 g/mol. The largest absolute Gasteiger partial charge is 0.507 e. The lowest BCUT2D eigenvalue weighted by molar-refractivity contribution is -0.337. The predicted molar refractivity (Wildman–Crippen MR) is 583 cm³/mol. The van der Waals surface area contributed by atoms with E-state index in [0.717, 1.165) is 139 Å². The first-order valence-corrected chi connectivity index (χ1v) is 53.0. The number of esters is 5. The quantitative estimate of drug-likeness (QED) is 0.0121. The summed E-state index contributed by atoms with van der Waals surface area (Å²) >= 11 is 0. The lowest BCUT2D eigenvalue weighted by atomic mass is 9.78. The maximum atomic E-state index is 12.7. The van der Waals surface area contributed by atoms with E-state index in [1.54, 1.807) is 0 Å². The number of phenols is 6. The molecule has 0 unspecified atom stereocenters. The third-order valence-corrected chi connectivity index (χ3v) is 26.1. The summed E-state index contributed by atoms with van der Waals surface area (Å²) in [5, 5.41) is 63.3. The second kappa shape index (κ2) is 54.9. The molecule has 2 saturated heterocycles. The highest BCUT2D eigenvalue weighted by Gasteiger charge is 2.49. The molecule has 8 rings (SSSR count). The molecule has 0 amide bonds. The summed E-state index contributed by atoms with van der Waals surface area (Å²) < 4.78 is 56.6. The highest BCUT2D eigenvalue weighted by molar-refractivity contribution is 5.79. The van der Waals surface area contributed by atoms with Gasteiger partial charge in [-0.2, -0.15) is 0 Å². The minimum Gasteiger partial charge on any atom is -0.507 e. The molecule has 0 bridgehead atoms. The highest BCUT2D eigenvalue weighted by atomic mass is 16.7. The van der Waals surface area contributed by atoms with Crippen molar-refractivity contribution < 1.29 is 107 Å². The van der Waals surface area contributed by atoms with E-state index in [2.05, 4.69) is 213 Å². The van der Waals surface area contributed by atoms with Crippen molar-refractivity contribution in [3.05, 3.63) is 173 Å².